The third kappa shape index (κ3) is 9.43. The average molecular weight is 173 g/mol. The zero-order chi connectivity index (χ0) is 9.40. The molecule has 0 amide bonds. The van der Waals surface area contributed by atoms with Gasteiger partial charge in [-0.3, -0.25) is 4.79 Å². The normalized spacial score (nSPS) is 10.3. The Hall–Kier alpha value is -0.570. The number of hydrogen-bond donors (Lipinski definition) is 1. The van der Waals surface area contributed by atoms with Crippen LogP contribution >= 0.6 is 0 Å². The fourth-order valence-electron chi connectivity index (χ4n) is 0.834. The molecule has 0 saturated carbocycles. The number of rotatable bonds is 6. The van der Waals surface area contributed by atoms with E-state index in [-0.39, 0.29) is 5.97 Å². The number of nitrogens with one attached hydrogen (secondary N) is 1. The van der Waals surface area contributed by atoms with Gasteiger partial charge in [-0.05, 0) is 19.4 Å². The van der Waals surface area contributed by atoms with Crippen LogP contribution in [0, 0.1) is 0 Å². The van der Waals surface area contributed by atoms with E-state index in [1.54, 1.807) is 0 Å². The summed E-state index contributed by atoms with van der Waals surface area (Å²) in [6.45, 7) is 7.22. The molecule has 0 fully saturated rings. The number of unbranched alkanes of at least 4 members (excludes halogenated alkanes) is 1. The second kappa shape index (κ2) is 7.10. The number of carbonyl (C=O) groups is 1. The summed E-state index contributed by atoms with van der Waals surface area (Å²) in [5.41, 5.74) is 0. The van der Waals surface area contributed by atoms with Crippen molar-refractivity contribution in [1.82, 2.24) is 5.32 Å². The fourth-order valence-corrected chi connectivity index (χ4v) is 0.834. The molecule has 0 aromatic carbocycles. The van der Waals surface area contributed by atoms with Crippen LogP contribution in [-0.4, -0.2) is 25.2 Å². The lowest BCUT2D eigenvalue weighted by atomic mass is 10.3. The van der Waals surface area contributed by atoms with Gasteiger partial charge in [-0.15, -0.1) is 0 Å². The highest BCUT2D eigenvalue weighted by molar-refractivity contribution is 5.65. The van der Waals surface area contributed by atoms with Crippen molar-refractivity contribution < 1.29 is 9.53 Å². The minimum Gasteiger partial charge on any atom is -0.466 e. The van der Waals surface area contributed by atoms with Gasteiger partial charge in [0.25, 0.3) is 0 Å². The Balaban J connectivity index is 2.96. The Morgan fingerprint density at radius 2 is 2.08 bits per heavy atom. The first-order valence-electron chi connectivity index (χ1n) is 4.49. The molecule has 12 heavy (non-hydrogen) atoms. The minimum atomic E-state index is -0.188. The Kier molecular flexibility index (Phi) is 6.76. The van der Waals surface area contributed by atoms with Crippen molar-refractivity contribution in [1.29, 1.82) is 0 Å². The van der Waals surface area contributed by atoms with Gasteiger partial charge in [0.05, 0.1) is 6.61 Å². The molecule has 0 rings (SSSR count). The van der Waals surface area contributed by atoms with Crippen molar-refractivity contribution in [3.05, 3.63) is 0 Å². The zero-order valence-electron chi connectivity index (χ0n) is 8.22. The highest BCUT2D eigenvalue weighted by atomic mass is 16.5. The maximum Gasteiger partial charge on any atom is 0.302 e. The topological polar surface area (TPSA) is 38.3 Å². The molecule has 0 unspecified atom stereocenters. The highest BCUT2D eigenvalue weighted by Crippen LogP contribution is 1.89. The molecule has 0 aliphatic rings. The number of carbonyl (C=O) groups excluding carboxylic acids is 1. The first-order chi connectivity index (χ1) is 5.63. The van der Waals surface area contributed by atoms with Crippen molar-refractivity contribution in [3.8, 4) is 0 Å². The predicted molar refractivity (Wildman–Crippen MR) is 49.0 cm³/mol. The number of esters is 1. The SMILES string of the molecule is CC(=O)OCCCCNC(C)C. The van der Waals surface area contributed by atoms with Crippen LogP contribution in [0.15, 0.2) is 0 Å². The van der Waals surface area contributed by atoms with E-state index >= 15 is 0 Å². The molecule has 72 valence electrons. The molecular weight excluding hydrogens is 154 g/mol. The molecule has 3 heteroatoms. The van der Waals surface area contributed by atoms with Crippen LogP contribution in [-0.2, 0) is 9.53 Å². The Labute approximate surface area is 74.5 Å². The lowest BCUT2D eigenvalue weighted by molar-refractivity contribution is -0.141. The zero-order valence-corrected chi connectivity index (χ0v) is 8.22. The van der Waals surface area contributed by atoms with Gasteiger partial charge in [-0.2, -0.15) is 0 Å². The molecule has 0 spiro atoms. The second-order valence-corrected chi connectivity index (χ2v) is 3.16. The monoisotopic (exact) mass is 173 g/mol. The van der Waals surface area contributed by atoms with Crippen molar-refractivity contribution in [2.75, 3.05) is 13.2 Å². The highest BCUT2D eigenvalue weighted by Gasteiger charge is 1.94. The van der Waals surface area contributed by atoms with E-state index in [1.165, 1.54) is 6.92 Å². The fraction of sp³-hybridized carbons (Fsp3) is 0.889. The molecule has 0 bridgehead atoms. The van der Waals surface area contributed by atoms with E-state index in [4.69, 9.17) is 4.74 Å². The van der Waals surface area contributed by atoms with Gasteiger partial charge in [0.2, 0.25) is 0 Å². The van der Waals surface area contributed by atoms with Crippen molar-refractivity contribution in [2.24, 2.45) is 0 Å². The molecule has 0 aliphatic carbocycles. The van der Waals surface area contributed by atoms with E-state index in [1.807, 2.05) is 0 Å². The van der Waals surface area contributed by atoms with E-state index < -0.39 is 0 Å². The van der Waals surface area contributed by atoms with E-state index in [0.717, 1.165) is 19.4 Å². The number of ether oxygens (including phenoxy) is 1. The Morgan fingerprint density at radius 1 is 1.42 bits per heavy atom. The van der Waals surface area contributed by atoms with E-state index in [2.05, 4.69) is 19.2 Å². The smallest absolute Gasteiger partial charge is 0.302 e. The first-order valence-corrected chi connectivity index (χ1v) is 4.49. The standard InChI is InChI=1S/C9H19NO2/c1-8(2)10-6-4-5-7-12-9(3)11/h8,10H,4-7H2,1-3H3. The summed E-state index contributed by atoms with van der Waals surface area (Å²) in [7, 11) is 0. The third-order valence-corrected chi connectivity index (χ3v) is 1.43. The molecule has 0 atom stereocenters. The van der Waals surface area contributed by atoms with Crippen molar-refractivity contribution in [2.45, 2.75) is 39.7 Å². The van der Waals surface area contributed by atoms with Crippen molar-refractivity contribution >= 4 is 5.97 Å². The second-order valence-electron chi connectivity index (χ2n) is 3.16. The summed E-state index contributed by atoms with van der Waals surface area (Å²) >= 11 is 0. The van der Waals surface area contributed by atoms with Gasteiger partial charge in [0.15, 0.2) is 0 Å². The molecule has 0 heterocycles. The largest absolute Gasteiger partial charge is 0.466 e. The van der Waals surface area contributed by atoms with Crippen LogP contribution in [0.1, 0.15) is 33.6 Å². The molecule has 0 aromatic heterocycles. The van der Waals surface area contributed by atoms with Gasteiger partial charge < -0.3 is 10.1 Å². The van der Waals surface area contributed by atoms with Crippen LogP contribution in [0.4, 0.5) is 0 Å². The molecule has 3 nitrogen and oxygen atoms in total. The first kappa shape index (κ1) is 11.4. The van der Waals surface area contributed by atoms with Gasteiger partial charge in [0, 0.05) is 13.0 Å². The van der Waals surface area contributed by atoms with E-state index in [9.17, 15) is 4.79 Å². The molecule has 0 aromatic rings. The summed E-state index contributed by atoms with van der Waals surface area (Å²) in [4.78, 5) is 10.3. The molecule has 0 saturated heterocycles. The van der Waals surface area contributed by atoms with Crippen molar-refractivity contribution in [3.63, 3.8) is 0 Å². The molecule has 0 radical (unpaired) electrons. The Morgan fingerprint density at radius 3 is 2.58 bits per heavy atom. The summed E-state index contributed by atoms with van der Waals surface area (Å²) < 4.78 is 4.78. The van der Waals surface area contributed by atoms with Crippen LogP contribution in [0.25, 0.3) is 0 Å². The van der Waals surface area contributed by atoms with Crippen LogP contribution in [0.3, 0.4) is 0 Å². The van der Waals surface area contributed by atoms with E-state index in [0.29, 0.717) is 12.6 Å². The Bertz CT molecular complexity index is 124. The predicted octanol–water partition coefficient (Wildman–Crippen LogP) is 1.33. The van der Waals surface area contributed by atoms with Crippen LogP contribution in [0.2, 0.25) is 0 Å². The van der Waals surface area contributed by atoms with Gasteiger partial charge >= 0.3 is 5.97 Å². The average Bonchev–Trinajstić information content (AvgIpc) is 1.95. The van der Waals surface area contributed by atoms with Gasteiger partial charge in [-0.1, -0.05) is 13.8 Å². The summed E-state index contributed by atoms with van der Waals surface area (Å²) in [6.07, 6.45) is 2.00. The quantitative estimate of drug-likeness (QED) is 0.486. The molecular formula is C9H19NO2. The van der Waals surface area contributed by atoms with Gasteiger partial charge in [-0.25, -0.2) is 0 Å². The summed E-state index contributed by atoms with van der Waals surface area (Å²) in [5, 5.41) is 3.29. The third-order valence-electron chi connectivity index (χ3n) is 1.43. The minimum absolute atomic E-state index is 0.188. The lowest BCUT2D eigenvalue weighted by Crippen LogP contribution is -2.23. The molecule has 0 aliphatic heterocycles. The maximum atomic E-state index is 10.3. The summed E-state index contributed by atoms with van der Waals surface area (Å²) in [5.74, 6) is -0.188. The molecule has 1 N–H and O–H groups in total. The van der Waals surface area contributed by atoms with Crippen LogP contribution < -0.4 is 5.32 Å². The summed E-state index contributed by atoms with van der Waals surface area (Å²) in [6, 6.07) is 0.540. The maximum absolute atomic E-state index is 10.3. The van der Waals surface area contributed by atoms with Crippen LogP contribution in [0.5, 0.6) is 0 Å². The number of hydrogen-bond acceptors (Lipinski definition) is 3. The van der Waals surface area contributed by atoms with Gasteiger partial charge in [0.1, 0.15) is 0 Å². The lowest BCUT2D eigenvalue weighted by Gasteiger charge is -2.07.